The highest BCUT2D eigenvalue weighted by molar-refractivity contribution is 7.98. The van der Waals surface area contributed by atoms with Crippen molar-refractivity contribution in [1.29, 1.82) is 0 Å². The maximum Gasteiger partial charge on any atom is 0.416 e. The molecule has 1 saturated heterocycles. The highest BCUT2D eigenvalue weighted by Crippen LogP contribution is 2.34. The number of aliphatic carboxylic acids is 1. The van der Waals surface area contributed by atoms with Crippen LogP contribution in [-0.2, 0) is 28.1 Å². The van der Waals surface area contributed by atoms with Gasteiger partial charge in [0.1, 0.15) is 6.04 Å². The van der Waals surface area contributed by atoms with E-state index in [0.29, 0.717) is 33.8 Å². The predicted octanol–water partition coefficient (Wildman–Crippen LogP) is 7.40. The number of hydrogen-bond acceptors (Lipinski definition) is 7. The van der Waals surface area contributed by atoms with Gasteiger partial charge >= 0.3 is 12.1 Å². The first-order valence-corrected chi connectivity index (χ1v) is 18.7. The Bertz CT molecular complexity index is 1980. The number of amides is 3. The number of hydrogen-bond donors (Lipinski definition) is 4. The van der Waals surface area contributed by atoms with E-state index in [0.717, 1.165) is 55.7 Å². The van der Waals surface area contributed by atoms with Gasteiger partial charge in [0.15, 0.2) is 0 Å². The molecule has 14 heteroatoms. The zero-order chi connectivity index (χ0) is 38.8. The van der Waals surface area contributed by atoms with Crippen LogP contribution in [0, 0.1) is 5.92 Å². The Labute approximate surface area is 315 Å². The molecule has 1 fully saturated rings. The molecule has 1 atom stereocenters. The molecular weight excluding hydrogens is 720 g/mol. The number of halogens is 3. The van der Waals surface area contributed by atoms with Crippen LogP contribution in [0.25, 0.3) is 11.3 Å². The minimum atomic E-state index is -4.50. The molecule has 4 N–H and O–H groups in total. The fraction of sp³-hybridized carbons (Fsp3) is 0.325. The number of rotatable bonds is 14. The van der Waals surface area contributed by atoms with Crippen LogP contribution in [0.3, 0.4) is 0 Å². The summed E-state index contributed by atoms with van der Waals surface area (Å²) in [6.45, 7) is 5.01. The molecule has 0 bridgehead atoms. The van der Waals surface area contributed by atoms with Crippen LogP contribution in [0.4, 0.5) is 24.5 Å². The summed E-state index contributed by atoms with van der Waals surface area (Å²) in [6.07, 6.45) is 0.206. The Morgan fingerprint density at radius 1 is 0.870 bits per heavy atom. The van der Waals surface area contributed by atoms with Gasteiger partial charge in [0.05, 0.1) is 16.9 Å². The average Bonchev–Trinajstić information content (AvgIpc) is 3.16. The molecule has 4 aromatic rings. The van der Waals surface area contributed by atoms with Gasteiger partial charge in [0.2, 0.25) is 5.91 Å². The molecular formula is C40H42F3N5O5S. The SMILES string of the molecule is CC(C)C(=O)N[C@@H](CSCc1cccc(C(=O)Nc2ccc(N3CCCCC3)cc2-c2cc(C(=O)NCc3cccc(C(F)(F)F)c3)ccn2)c1)C(=O)O. The second-order valence-electron chi connectivity index (χ2n) is 13.3. The number of nitrogens with zero attached hydrogens (tertiary/aromatic N) is 2. The summed E-state index contributed by atoms with van der Waals surface area (Å²) in [6, 6.07) is 19.4. The Hall–Kier alpha value is -5.37. The molecule has 5 rings (SSSR count). The fourth-order valence-corrected chi connectivity index (χ4v) is 6.86. The van der Waals surface area contributed by atoms with Crippen LogP contribution in [0.5, 0.6) is 0 Å². The maximum atomic E-state index is 13.7. The Morgan fingerprint density at radius 3 is 2.31 bits per heavy atom. The third-order valence-corrected chi connectivity index (χ3v) is 9.97. The lowest BCUT2D eigenvalue weighted by molar-refractivity contribution is -0.141. The van der Waals surface area contributed by atoms with E-state index in [-0.39, 0.29) is 29.7 Å². The molecule has 2 heterocycles. The third-order valence-electron chi connectivity index (χ3n) is 8.86. The molecule has 1 aliphatic heterocycles. The summed E-state index contributed by atoms with van der Waals surface area (Å²) < 4.78 is 39.6. The van der Waals surface area contributed by atoms with Crippen LogP contribution < -0.4 is 20.9 Å². The number of piperidine rings is 1. The van der Waals surface area contributed by atoms with E-state index in [1.54, 1.807) is 44.2 Å². The van der Waals surface area contributed by atoms with Gasteiger partial charge in [0, 0.05) is 65.6 Å². The number of thioether (sulfide) groups is 1. The Kier molecular flexibility index (Phi) is 13.4. The van der Waals surface area contributed by atoms with E-state index >= 15 is 0 Å². The molecule has 10 nitrogen and oxygen atoms in total. The van der Waals surface area contributed by atoms with Crippen molar-refractivity contribution >= 4 is 46.8 Å². The molecule has 3 amide bonds. The first-order chi connectivity index (χ1) is 25.8. The third kappa shape index (κ3) is 10.8. The normalized spacial score (nSPS) is 13.6. The van der Waals surface area contributed by atoms with Crippen molar-refractivity contribution in [3.05, 3.63) is 113 Å². The number of aromatic nitrogens is 1. The van der Waals surface area contributed by atoms with E-state index < -0.39 is 35.6 Å². The van der Waals surface area contributed by atoms with Gasteiger partial charge in [-0.15, -0.1) is 0 Å². The molecule has 0 spiro atoms. The van der Waals surface area contributed by atoms with Crippen molar-refractivity contribution in [2.24, 2.45) is 5.92 Å². The number of alkyl halides is 3. The van der Waals surface area contributed by atoms with E-state index in [4.69, 9.17) is 0 Å². The first kappa shape index (κ1) is 39.8. The van der Waals surface area contributed by atoms with E-state index in [1.807, 2.05) is 18.2 Å². The second-order valence-corrected chi connectivity index (χ2v) is 14.3. The van der Waals surface area contributed by atoms with Crippen molar-refractivity contribution < 1.29 is 37.5 Å². The van der Waals surface area contributed by atoms with Crippen molar-refractivity contribution in [2.75, 3.05) is 29.1 Å². The smallest absolute Gasteiger partial charge is 0.416 e. The standard InChI is InChI=1S/C40H42F3N5O5S/c1-25(2)36(49)47-35(39(52)53)24-54-23-27-9-6-10-28(18-27)38(51)46-33-13-12-31(48-16-4-3-5-17-48)21-32(33)34-20-29(14-15-44-34)37(50)45-22-26-8-7-11-30(19-26)40(41,42)43/h6-15,18-21,25,35H,3-5,16-17,22-24H2,1-2H3,(H,45,50)(H,46,51)(H,47,49)(H,52,53)/t35-/m0/s1. The summed E-state index contributed by atoms with van der Waals surface area (Å²) >= 11 is 1.32. The highest BCUT2D eigenvalue weighted by Gasteiger charge is 2.30. The van der Waals surface area contributed by atoms with E-state index in [9.17, 15) is 37.5 Å². The highest BCUT2D eigenvalue weighted by atomic mass is 32.2. The lowest BCUT2D eigenvalue weighted by Gasteiger charge is -2.29. The topological polar surface area (TPSA) is 141 Å². The van der Waals surface area contributed by atoms with Crippen LogP contribution in [0.2, 0.25) is 0 Å². The van der Waals surface area contributed by atoms with Crippen molar-refractivity contribution in [3.63, 3.8) is 0 Å². The van der Waals surface area contributed by atoms with Crippen LogP contribution in [0.15, 0.2) is 85.1 Å². The molecule has 284 valence electrons. The van der Waals surface area contributed by atoms with Crippen molar-refractivity contribution in [2.45, 2.75) is 57.6 Å². The number of benzene rings is 3. The van der Waals surface area contributed by atoms with Gasteiger partial charge in [-0.1, -0.05) is 38.1 Å². The van der Waals surface area contributed by atoms with Crippen molar-refractivity contribution in [3.8, 4) is 11.3 Å². The summed E-state index contributed by atoms with van der Waals surface area (Å²) in [4.78, 5) is 57.4. The van der Waals surface area contributed by atoms with Crippen LogP contribution in [0.1, 0.15) is 70.5 Å². The lowest BCUT2D eigenvalue weighted by Crippen LogP contribution is -2.44. The van der Waals surface area contributed by atoms with Crippen LogP contribution in [-0.4, -0.2) is 58.7 Å². The molecule has 0 unspecified atom stereocenters. The summed E-state index contributed by atoms with van der Waals surface area (Å²) in [7, 11) is 0. The van der Waals surface area contributed by atoms with Gasteiger partial charge in [-0.3, -0.25) is 19.4 Å². The first-order valence-electron chi connectivity index (χ1n) is 17.6. The number of carboxylic acid groups (broad SMARTS) is 1. The Morgan fingerprint density at radius 2 is 1.59 bits per heavy atom. The molecule has 54 heavy (non-hydrogen) atoms. The number of carbonyl (C=O) groups is 4. The lowest BCUT2D eigenvalue weighted by atomic mass is 10.0. The molecule has 3 aromatic carbocycles. The van der Waals surface area contributed by atoms with E-state index in [1.165, 1.54) is 36.2 Å². The number of anilines is 2. The Balaban J connectivity index is 1.33. The van der Waals surface area contributed by atoms with Gasteiger partial charge in [-0.05, 0) is 85.0 Å². The fourth-order valence-electron chi connectivity index (χ4n) is 5.87. The van der Waals surface area contributed by atoms with Gasteiger partial charge in [0.25, 0.3) is 11.8 Å². The zero-order valence-electron chi connectivity index (χ0n) is 29.9. The van der Waals surface area contributed by atoms with E-state index in [2.05, 4.69) is 25.8 Å². The second kappa shape index (κ2) is 18.1. The number of carboxylic acids is 1. The minimum absolute atomic E-state index is 0.113. The predicted molar refractivity (Wildman–Crippen MR) is 203 cm³/mol. The van der Waals surface area contributed by atoms with Gasteiger partial charge < -0.3 is 26.0 Å². The maximum absolute atomic E-state index is 13.7. The van der Waals surface area contributed by atoms with Gasteiger partial charge in [-0.2, -0.15) is 24.9 Å². The summed E-state index contributed by atoms with van der Waals surface area (Å²) in [5.41, 5.74) is 3.29. The minimum Gasteiger partial charge on any atom is -0.480 e. The quantitative estimate of drug-likeness (QED) is 0.104. The van der Waals surface area contributed by atoms with Gasteiger partial charge in [-0.25, -0.2) is 4.79 Å². The molecule has 0 aliphatic carbocycles. The van der Waals surface area contributed by atoms with Crippen molar-refractivity contribution in [1.82, 2.24) is 15.6 Å². The van der Waals surface area contributed by atoms with Crippen LogP contribution >= 0.6 is 11.8 Å². The largest absolute Gasteiger partial charge is 0.480 e. The summed E-state index contributed by atoms with van der Waals surface area (Å²) in [5, 5.41) is 17.8. The average molecular weight is 762 g/mol. The molecule has 1 aliphatic rings. The molecule has 1 aromatic heterocycles. The number of nitrogens with one attached hydrogen (secondary N) is 3. The molecule has 0 saturated carbocycles. The summed E-state index contributed by atoms with van der Waals surface area (Å²) in [5.74, 6) is -2.15. The zero-order valence-corrected chi connectivity index (χ0v) is 30.7. The number of pyridine rings is 1. The molecule has 0 radical (unpaired) electrons. The monoisotopic (exact) mass is 761 g/mol. The number of carbonyl (C=O) groups excluding carboxylic acids is 3.